The largest absolute Gasteiger partial charge is 0.382 e. The van der Waals surface area contributed by atoms with Crippen LogP contribution >= 0.6 is 0 Å². The fraction of sp³-hybridized carbons (Fsp3) is 0.800. The summed E-state index contributed by atoms with van der Waals surface area (Å²) in [6.45, 7) is 12.5. The molecule has 0 saturated carbocycles. The molecule has 0 aliphatic heterocycles. The molecule has 0 bridgehead atoms. The second-order valence-electron chi connectivity index (χ2n) is 5.03. The summed E-state index contributed by atoms with van der Waals surface area (Å²) in [6.07, 6.45) is 1.01. The molecule has 1 atom stereocenters. The molecule has 0 fully saturated rings. The Kier molecular flexibility index (Phi) is 7.80. The van der Waals surface area contributed by atoms with Crippen LogP contribution in [0.2, 0.25) is 0 Å². The predicted octanol–water partition coefficient (Wildman–Crippen LogP) is 2.22. The lowest BCUT2D eigenvalue weighted by atomic mass is 10.1. The van der Waals surface area contributed by atoms with Crippen LogP contribution in [0.1, 0.15) is 43.3 Å². The summed E-state index contributed by atoms with van der Waals surface area (Å²) in [5.41, 5.74) is 3.72. The van der Waals surface area contributed by atoms with Crippen molar-refractivity contribution < 1.29 is 9.47 Å². The molecular weight excluding hydrogens is 254 g/mol. The molecule has 1 aromatic rings. The standard InChI is InChI=1S/C15H29N3O2/c1-6-18-14(4)15(13(3)17-18)12(2)16-8-7-9-20-11-10-19-5/h12,16H,6-11H2,1-5H3. The fourth-order valence-electron chi connectivity index (χ4n) is 2.48. The zero-order valence-corrected chi connectivity index (χ0v) is 13.5. The molecule has 1 heterocycles. The van der Waals surface area contributed by atoms with Crippen LogP contribution in [-0.2, 0) is 16.0 Å². The second kappa shape index (κ2) is 9.10. The van der Waals surface area contributed by atoms with Gasteiger partial charge in [-0.05, 0) is 40.7 Å². The van der Waals surface area contributed by atoms with Crippen LogP contribution in [0.4, 0.5) is 0 Å². The number of rotatable bonds is 10. The van der Waals surface area contributed by atoms with Gasteiger partial charge < -0.3 is 14.8 Å². The van der Waals surface area contributed by atoms with E-state index in [1.807, 2.05) is 0 Å². The predicted molar refractivity (Wildman–Crippen MR) is 81.1 cm³/mol. The lowest BCUT2D eigenvalue weighted by Crippen LogP contribution is -2.22. The molecule has 0 amide bonds. The Morgan fingerprint density at radius 1 is 1.25 bits per heavy atom. The highest BCUT2D eigenvalue weighted by Crippen LogP contribution is 2.21. The minimum Gasteiger partial charge on any atom is -0.382 e. The first-order chi connectivity index (χ1) is 9.61. The molecule has 0 saturated heterocycles. The number of hydrogen-bond acceptors (Lipinski definition) is 4. The Hall–Kier alpha value is -0.910. The fourth-order valence-corrected chi connectivity index (χ4v) is 2.48. The molecule has 0 radical (unpaired) electrons. The zero-order valence-electron chi connectivity index (χ0n) is 13.5. The average Bonchev–Trinajstić information content (AvgIpc) is 2.72. The van der Waals surface area contributed by atoms with Crippen molar-refractivity contribution in [2.45, 2.75) is 46.7 Å². The molecule has 5 heteroatoms. The van der Waals surface area contributed by atoms with Crippen molar-refractivity contribution in [3.63, 3.8) is 0 Å². The Labute approximate surface area is 122 Å². The van der Waals surface area contributed by atoms with E-state index in [0.29, 0.717) is 19.3 Å². The van der Waals surface area contributed by atoms with Crippen molar-refractivity contribution in [3.8, 4) is 0 Å². The summed E-state index contributed by atoms with van der Waals surface area (Å²) in [5.74, 6) is 0. The quantitative estimate of drug-likeness (QED) is 0.669. The van der Waals surface area contributed by atoms with Crippen LogP contribution in [0, 0.1) is 13.8 Å². The van der Waals surface area contributed by atoms with E-state index < -0.39 is 0 Å². The van der Waals surface area contributed by atoms with Gasteiger partial charge in [0, 0.05) is 37.6 Å². The SMILES string of the molecule is CCn1nc(C)c(C(C)NCCCOCCOC)c1C. The van der Waals surface area contributed by atoms with Crippen molar-refractivity contribution >= 4 is 0 Å². The monoisotopic (exact) mass is 283 g/mol. The van der Waals surface area contributed by atoms with Gasteiger partial charge >= 0.3 is 0 Å². The normalized spacial score (nSPS) is 12.8. The van der Waals surface area contributed by atoms with Gasteiger partial charge in [0.2, 0.25) is 0 Å². The van der Waals surface area contributed by atoms with Gasteiger partial charge in [0.25, 0.3) is 0 Å². The van der Waals surface area contributed by atoms with Gasteiger partial charge in [-0.3, -0.25) is 4.68 Å². The van der Waals surface area contributed by atoms with Crippen LogP contribution in [0.3, 0.4) is 0 Å². The molecule has 5 nitrogen and oxygen atoms in total. The molecule has 116 valence electrons. The van der Waals surface area contributed by atoms with Crippen LogP contribution in [0.25, 0.3) is 0 Å². The third-order valence-electron chi connectivity index (χ3n) is 3.52. The van der Waals surface area contributed by atoms with Gasteiger partial charge in [0.05, 0.1) is 18.9 Å². The first kappa shape index (κ1) is 17.1. The Morgan fingerprint density at radius 2 is 2.00 bits per heavy atom. The van der Waals surface area contributed by atoms with Gasteiger partial charge in [0.1, 0.15) is 0 Å². The van der Waals surface area contributed by atoms with Crippen molar-refractivity contribution in [1.82, 2.24) is 15.1 Å². The van der Waals surface area contributed by atoms with E-state index >= 15 is 0 Å². The summed E-state index contributed by atoms with van der Waals surface area (Å²) in [6, 6.07) is 0.328. The van der Waals surface area contributed by atoms with Crippen molar-refractivity contribution in [1.29, 1.82) is 0 Å². The van der Waals surface area contributed by atoms with Crippen LogP contribution in [0.5, 0.6) is 0 Å². The molecule has 0 aliphatic carbocycles. The van der Waals surface area contributed by atoms with E-state index in [4.69, 9.17) is 9.47 Å². The minimum absolute atomic E-state index is 0.328. The van der Waals surface area contributed by atoms with Crippen molar-refractivity contribution in [2.75, 3.05) is 33.5 Å². The summed E-state index contributed by atoms with van der Waals surface area (Å²) in [4.78, 5) is 0. The maximum Gasteiger partial charge on any atom is 0.0700 e. The second-order valence-corrected chi connectivity index (χ2v) is 5.03. The lowest BCUT2D eigenvalue weighted by molar-refractivity contribution is 0.0693. The van der Waals surface area contributed by atoms with E-state index in [9.17, 15) is 0 Å². The maximum atomic E-state index is 5.45. The first-order valence-electron chi connectivity index (χ1n) is 7.45. The number of methoxy groups -OCH3 is 1. The first-order valence-corrected chi connectivity index (χ1v) is 7.45. The topological polar surface area (TPSA) is 48.3 Å². The van der Waals surface area contributed by atoms with Crippen LogP contribution < -0.4 is 5.32 Å². The number of hydrogen-bond donors (Lipinski definition) is 1. The molecule has 1 unspecified atom stereocenters. The van der Waals surface area contributed by atoms with Gasteiger partial charge in [-0.15, -0.1) is 0 Å². The highest BCUT2D eigenvalue weighted by molar-refractivity contribution is 5.27. The van der Waals surface area contributed by atoms with Gasteiger partial charge in [0.15, 0.2) is 0 Å². The summed E-state index contributed by atoms with van der Waals surface area (Å²) in [5, 5.41) is 8.11. The van der Waals surface area contributed by atoms with E-state index in [1.54, 1.807) is 7.11 Å². The third-order valence-corrected chi connectivity index (χ3v) is 3.52. The number of nitrogens with zero attached hydrogens (tertiary/aromatic N) is 2. The zero-order chi connectivity index (χ0) is 15.0. The maximum absolute atomic E-state index is 5.45. The summed E-state index contributed by atoms with van der Waals surface area (Å²) >= 11 is 0. The highest BCUT2D eigenvalue weighted by Gasteiger charge is 2.16. The number of aryl methyl sites for hydroxylation is 2. The Bertz CT molecular complexity index is 391. The van der Waals surface area contributed by atoms with Crippen LogP contribution in [-0.4, -0.2) is 43.3 Å². The molecule has 1 rings (SSSR count). The molecular formula is C15H29N3O2. The number of aromatic nitrogens is 2. The van der Waals surface area contributed by atoms with E-state index in [0.717, 1.165) is 31.8 Å². The van der Waals surface area contributed by atoms with E-state index in [1.165, 1.54) is 11.3 Å². The highest BCUT2D eigenvalue weighted by atomic mass is 16.5. The average molecular weight is 283 g/mol. The molecule has 20 heavy (non-hydrogen) atoms. The third kappa shape index (κ3) is 4.89. The lowest BCUT2D eigenvalue weighted by Gasteiger charge is -2.15. The number of nitrogens with one attached hydrogen (secondary N) is 1. The summed E-state index contributed by atoms with van der Waals surface area (Å²) < 4.78 is 12.4. The molecule has 0 spiro atoms. The summed E-state index contributed by atoms with van der Waals surface area (Å²) in [7, 11) is 1.69. The molecule has 0 aromatic carbocycles. The molecule has 0 aliphatic rings. The van der Waals surface area contributed by atoms with Crippen molar-refractivity contribution in [3.05, 3.63) is 17.0 Å². The van der Waals surface area contributed by atoms with E-state index in [2.05, 4.69) is 42.8 Å². The Morgan fingerprint density at radius 3 is 2.60 bits per heavy atom. The minimum atomic E-state index is 0.328. The van der Waals surface area contributed by atoms with Crippen LogP contribution in [0.15, 0.2) is 0 Å². The molecule has 1 aromatic heterocycles. The van der Waals surface area contributed by atoms with E-state index in [-0.39, 0.29) is 0 Å². The smallest absolute Gasteiger partial charge is 0.0700 e. The van der Waals surface area contributed by atoms with Gasteiger partial charge in [-0.1, -0.05) is 0 Å². The Balaban J connectivity index is 2.32. The molecule has 1 N–H and O–H groups in total. The van der Waals surface area contributed by atoms with Crippen molar-refractivity contribution in [2.24, 2.45) is 0 Å². The van der Waals surface area contributed by atoms with Gasteiger partial charge in [-0.2, -0.15) is 5.10 Å². The number of ether oxygens (including phenoxy) is 2. The van der Waals surface area contributed by atoms with Gasteiger partial charge in [-0.25, -0.2) is 0 Å².